The fraction of sp³-hybridized carbons (Fsp3) is 0.250. The van der Waals surface area contributed by atoms with E-state index in [0.29, 0.717) is 34.0 Å². The van der Waals surface area contributed by atoms with E-state index in [1.165, 1.54) is 26.4 Å². The molecule has 0 fully saturated rings. The highest BCUT2D eigenvalue weighted by molar-refractivity contribution is 9.10. The molecule has 0 atom stereocenters. The average Bonchev–Trinajstić information content (AvgIpc) is 2.56. The van der Waals surface area contributed by atoms with Crippen molar-refractivity contribution in [1.29, 1.82) is 0 Å². The fourth-order valence-electron chi connectivity index (χ4n) is 2.03. The van der Waals surface area contributed by atoms with Crippen LogP contribution in [0, 0.1) is 0 Å². The Bertz CT molecular complexity index is 823. The van der Waals surface area contributed by atoms with Gasteiger partial charge in [0, 0.05) is 6.07 Å². The van der Waals surface area contributed by atoms with Crippen molar-refractivity contribution in [2.75, 3.05) is 25.5 Å². The van der Waals surface area contributed by atoms with Crippen LogP contribution in [0.1, 0.15) is 6.92 Å². The number of anilines is 1. The van der Waals surface area contributed by atoms with E-state index >= 15 is 0 Å². The molecule has 0 aliphatic heterocycles. The van der Waals surface area contributed by atoms with Crippen LogP contribution in [-0.2, 0) is 10.0 Å². The second kappa shape index (κ2) is 7.76. The average molecular weight is 416 g/mol. The lowest BCUT2D eigenvalue weighted by molar-refractivity contribution is 0.311. The molecule has 0 saturated carbocycles. The van der Waals surface area contributed by atoms with Gasteiger partial charge < -0.3 is 14.2 Å². The third-order valence-electron chi connectivity index (χ3n) is 3.15. The predicted molar refractivity (Wildman–Crippen MR) is 95.7 cm³/mol. The standard InChI is InChI=1S/C16H18BrNO5S/c1-4-23-15-7-5-11(9-16(15)22-3)18-24(19,20)12-6-8-14(21-2)13(17)10-12/h5-10,18H,4H2,1-3H3. The zero-order chi connectivity index (χ0) is 17.7. The smallest absolute Gasteiger partial charge is 0.261 e. The van der Waals surface area contributed by atoms with Crippen molar-refractivity contribution in [3.63, 3.8) is 0 Å². The maximum atomic E-state index is 12.5. The van der Waals surface area contributed by atoms with E-state index in [2.05, 4.69) is 20.7 Å². The number of hydrogen-bond acceptors (Lipinski definition) is 5. The van der Waals surface area contributed by atoms with E-state index in [1.807, 2.05) is 6.92 Å². The molecule has 130 valence electrons. The molecule has 2 rings (SSSR count). The Morgan fingerprint density at radius 2 is 1.67 bits per heavy atom. The molecule has 0 saturated heterocycles. The Balaban J connectivity index is 2.30. The molecule has 2 aromatic rings. The second-order valence-corrected chi connectivity index (χ2v) is 7.24. The van der Waals surface area contributed by atoms with Crippen molar-refractivity contribution >= 4 is 31.6 Å². The van der Waals surface area contributed by atoms with Gasteiger partial charge in [-0.15, -0.1) is 0 Å². The maximum absolute atomic E-state index is 12.5. The number of ether oxygens (including phenoxy) is 3. The van der Waals surface area contributed by atoms with Gasteiger partial charge in [0.05, 0.1) is 35.9 Å². The Morgan fingerprint density at radius 3 is 2.25 bits per heavy atom. The largest absolute Gasteiger partial charge is 0.496 e. The first-order valence-corrected chi connectivity index (χ1v) is 9.36. The Labute approximate surface area is 149 Å². The van der Waals surface area contributed by atoms with Crippen molar-refractivity contribution in [3.8, 4) is 17.2 Å². The van der Waals surface area contributed by atoms with Gasteiger partial charge in [0.15, 0.2) is 11.5 Å². The molecule has 6 nitrogen and oxygen atoms in total. The Morgan fingerprint density at radius 1 is 1.00 bits per heavy atom. The summed E-state index contributed by atoms with van der Waals surface area (Å²) in [5.74, 6) is 1.56. The Kier molecular flexibility index (Phi) is 5.95. The summed E-state index contributed by atoms with van der Waals surface area (Å²) in [6.45, 7) is 2.35. The van der Waals surface area contributed by atoms with Crippen LogP contribution >= 0.6 is 15.9 Å². The van der Waals surface area contributed by atoms with Crippen LogP contribution < -0.4 is 18.9 Å². The first-order chi connectivity index (χ1) is 11.4. The molecule has 0 bridgehead atoms. The normalized spacial score (nSPS) is 11.0. The summed E-state index contributed by atoms with van der Waals surface area (Å²) in [6.07, 6.45) is 0. The van der Waals surface area contributed by atoms with E-state index < -0.39 is 10.0 Å². The van der Waals surface area contributed by atoms with Gasteiger partial charge in [-0.1, -0.05) is 0 Å². The van der Waals surface area contributed by atoms with Gasteiger partial charge in [-0.3, -0.25) is 4.72 Å². The quantitative estimate of drug-likeness (QED) is 0.746. The van der Waals surface area contributed by atoms with Crippen LogP contribution in [0.2, 0.25) is 0 Å². The van der Waals surface area contributed by atoms with Gasteiger partial charge in [-0.25, -0.2) is 8.42 Å². The molecule has 0 aromatic heterocycles. The summed E-state index contributed by atoms with van der Waals surface area (Å²) in [5.41, 5.74) is 0.377. The van der Waals surface area contributed by atoms with Crippen molar-refractivity contribution in [2.24, 2.45) is 0 Å². The molecule has 24 heavy (non-hydrogen) atoms. The van der Waals surface area contributed by atoms with Gasteiger partial charge in [-0.2, -0.15) is 0 Å². The first kappa shape index (κ1) is 18.4. The lowest BCUT2D eigenvalue weighted by Gasteiger charge is -2.13. The third-order valence-corrected chi connectivity index (χ3v) is 5.15. The summed E-state index contributed by atoms with van der Waals surface area (Å²) in [6, 6.07) is 9.37. The SMILES string of the molecule is CCOc1ccc(NS(=O)(=O)c2ccc(OC)c(Br)c2)cc1OC. The number of nitrogens with one attached hydrogen (secondary N) is 1. The van der Waals surface area contributed by atoms with Crippen LogP contribution in [-0.4, -0.2) is 29.2 Å². The van der Waals surface area contributed by atoms with E-state index in [9.17, 15) is 8.42 Å². The molecular weight excluding hydrogens is 398 g/mol. The predicted octanol–water partition coefficient (Wildman–Crippen LogP) is 3.67. The summed E-state index contributed by atoms with van der Waals surface area (Å²) in [7, 11) is -0.733. The zero-order valence-electron chi connectivity index (χ0n) is 13.5. The van der Waals surface area contributed by atoms with E-state index in [1.54, 1.807) is 24.3 Å². The minimum Gasteiger partial charge on any atom is -0.496 e. The monoisotopic (exact) mass is 415 g/mol. The van der Waals surface area contributed by atoms with E-state index in [-0.39, 0.29) is 4.90 Å². The minimum absolute atomic E-state index is 0.114. The molecule has 8 heteroatoms. The molecule has 0 spiro atoms. The molecule has 0 unspecified atom stereocenters. The van der Waals surface area contributed by atoms with Crippen LogP contribution in [0.5, 0.6) is 17.2 Å². The summed E-state index contributed by atoms with van der Waals surface area (Å²) in [5, 5.41) is 0. The number of benzene rings is 2. The molecule has 2 aromatic carbocycles. The van der Waals surface area contributed by atoms with Gasteiger partial charge >= 0.3 is 0 Å². The van der Waals surface area contributed by atoms with E-state index in [0.717, 1.165) is 0 Å². The van der Waals surface area contributed by atoms with Gasteiger partial charge in [-0.05, 0) is 53.2 Å². The molecule has 0 aliphatic carbocycles. The highest BCUT2D eigenvalue weighted by Gasteiger charge is 2.17. The highest BCUT2D eigenvalue weighted by Crippen LogP contribution is 2.32. The number of halogens is 1. The van der Waals surface area contributed by atoms with Crippen molar-refractivity contribution in [2.45, 2.75) is 11.8 Å². The molecule has 0 amide bonds. The van der Waals surface area contributed by atoms with Crippen molar-refractivity contribution in [1.82, 2.24) is 0 Å². The summed E-state index contributed by atoms with van der Waals surface area (Å²) in [4.78, 5) is 0.114. The summed E-state index contributed by atoms with van der Waals surface area (Å²) < 4.78 is 43.9. The number of sulfonamides is 1. The highest BCUT2D eigenvalue weighted by atomic mass is 79.9. The number of rotatable bonds is 7. The minimum atomic E-state index is -3.74. The topological polar surface area (TPSA) is 73.9 Å². The molecule has 1 N–H and O–H groups in total. The Hall–Kier alpha value is -1.93. The molecule has 0 radical (unpaired) electrons. The number of methoxy groups -OCH3 is 2. The van der Waals surface area contributed by atoms with Gasteiger partial charge in [0.25, 0.3) is 10.0 Å². The van der Waals surface area contributed by atoms with Crippen LogP contribution in [0.25, 0.3) is 0 Å². The first-order valence-electron chi connectivity index (χ1n) is 7.08. The van der Waals surface area contributed by atoms with Gasteiger partial charge in [0.1, 0.15) is 5.75 Å². The molecule has 0 aliphatic rings. The van der Waals surface area contributed by atoms with Gasteiger partial charge in [0.2, 0.25) is 0 Å². The molecular formula is C16H18BrNO5S. The maximum Gasteiger partial charge on any atom is 0.261 e. The lowest BCUT2D eigenvalue weighted by atomic mass is 10.3. The fourth-order valence-corrected chi connectivity index (χ4v) is 3.80. The van der Waals surface area contributed by atoms with Crippen LogP contribution in [0.3, 0.4) is 0 Å². The van der Waals surface area contributed by atoms with Crippen molar-refractivity contribution in [3.05, 3.63) is 40.9 Å². The number of hydrogen-bond donors (Lipinski definition) is 1. The van der Waals surface area contributed by atoms with Crippen LogP contribution in [0.15, 0.2) is 45.8 Å². The summed E-state index contributed by atoms with van der Waals surface area (Å²) >= 11 is 3.28. The third kappa shape index (κ3) is 4.12. The molecule has 0 heterocycles. The second-order valence-electron chi connectivity index (χ2n) is 4.70. The van der Waals surface area contributed by atoms with Crippen molar-refractivity contribution < 1.29 is 22.6 Å². The van der Waals surface area contributed by atoms with E-state index in [4.69, 9.17) is 14.2 Å². The zero-order valence-corrected chi connectivity index (χ0v) is 15.9. The lowest BCUT2D eigenvalue weighted by Crippen LogP contribution is -2.13. The van der Waals surface area contributed by atoms with Crippen LogP contribution in [0.4, 0.5) is 5.69 Å².